The normalized spacial score (nSPS) is 14.2. The van der Waals surface area contributed by atoms with Gasteiger partial charge in [-0.05, 0) is 19.1 Å². The number of rotatable bonds is 8. The lowest BCUT2D eigenvalue weighted by atomic mass is 10.2. The third-order valence-corrected chi connectivity index (χ3v) is 3.76. The quantitative estimate of drug-likeness (QED) is 0.762. The Labute approximate surface area is 119 Å². The Morgan fingerprint density at radius 3 is 2.68 bits per heavy atom. The molecule has 1 rings (SSSR count). The zero-order chi connectivity index (χ0) is 14.3. The van der Waals surface area contributed by atoms with Gasteiger partial charge in [-0.15, -0.1) is 0 Å². The summed E-state index contributed by atoms with van der Waals surface area (Å²) in [6.45, 7) is 6.94. The van der Waals surface area contributed by atoms with E-state index in [9.17, 15) is 5.11 Å². The molecule has 0 saturated carbocycles. The topological polar surface area (TPSA) is 67.3 Å². The van der Waals surface area contributed by atoms with Gasteiger partial charge in [-0.2, -0.15) is 16.7 Å². The maximum absolute atomic E-state index is 9.25. The average molecular weight is 285 g/mol. The second kappa shape index (κ2) is 8.22. The van der Waals surface area contributed by atoms with Crippen molar-refractivity contribution < 1.29 is 9.84 Å². The standard InChI is InChI=1S/C13H23N3O2S/c1-9(2)8-18-13-6-14-5-12(16-13)15-10(3)11(7-17)19-4/h5-6,9-11,17H,7-8H2,1-4H3,(H,15,16)/t10-,11-/m0/s1. The van der Waals surface area contributed by atoms with Crippen LogP contribution >= 0.6 is 11.8 Å². The zero-order valence-electron chi connectivity index (χ0n) is 12.0. The van der Waals surface area contributed by atoms with Crippen LogP contribution in [0.5, 0.6) is 5.88 Å². The molecule has 1 aromatic heterocycles. The van der Waals surface area contributed by atoms with Crippen molar-refractivity contribution in [1.29, 1.82) is 0 Å². The molecular formula is C13H23N3O2S. The molecule has 5 nitrogen and oxygen atoms in total. The average Bonchev–Trinajstić information content (AvgIpc) is 2.38. The first-order valence-corrected chi connectivity index (χ1v) is 7.70. The second-order valence-corrected chi connectivity index (χ2v) is 5.91. The van der Waals surface area contributed by atoms with Gasteiger partial charge in [-0.1, -0.05) is 13.8 Å². The van der Waals surface area contributed by atoms with E-state index < -0.39 is 0 Å². The summed E-state index contributed by atoms with van der Waals surface area (Å²) in [5, 5.41) is 12.6. The number of ether oxygens (including phenoxy) is 1. The van der Waals surface area contributed by atoms with E-state index in [1.54, 1.807) is 24.2 Å². The summed E-state index contributed by atoms with van der Waals surface area (Å²) in [4.78, 5) is 8.46. The van der Waals surface area contributed by atoms with E-state index in [2.05, 4.69) is 29.1 Å². The number of anilines is 1. The Bertz CT molecular complexity index is 373. The van der Waals surface area contributed by atoms with Crippen LogP contribution in [0.4, 0.5) is 5.82 Å². The molecule has 19 heavy (non-hydrogen) atoms. The van der Waals surface area contributed by atoms with Crippen molar-refractivity contribution in [2.75, 3.05) is 24.8 Å². The van der Waals surface area contributed by atoms with E-state index in [0.29, 0.717) is 24.2 Å². The smallest absolute Gasteiger partial charge is 0.234 e. The highest BCUT2D eigenvalue weighted by atomic mass is 32.2. The predicted octanol–water partition coefficient (Wildman–Crippen LogP) is 2.04. The van der Waals surface area contributed by atoms with Crippen LogP contribution in [0.3, 0.4) is 0 Å². The Morgan fingerprint density at radius 2 is 2.11 bits per heavy atom. The Balaban J connectivity index is 2.61. The lowest BCUT2D eigenvalue weighted by Crippen LogP contribution is -2.31. The van der Waals surface area contributed by atoms with Gasteiger partial charge in [0, 0.05) is 11.3 Å². The molecule has 0 radical (unpaired) electrons. The molecule has 1 heterocycles. The molecule has 0 unspecified atom stereocenters. The van der Waals surface area contributed by atoms with Crippen LogP contribution in [0.15, 0.2) is 12.4 Å². The van der Waals surface area contributed by atoms with Crippen molar-refractivity contribution in [3.63, 3.8) is 0 Å². The summed E-state index contributed by atoms with van der Waals surface area (Å²) in [6, 6.07) is 0.106. The molecule has 0 aromatic carbocycles. The van der Waals surface area contributed by atoms with Gasteiger partial charge >= 0.3 is 0 Å². The van der Waals surface area contributed by atoms with Crippen LogP contribution in [0, 0.1) is 5.92 Å². The Morgan fingerprint density at radius 1 is 1.37 bits per heavy atom. The minimum atomic E-state index is 0.106. The fourth-order valence-electron chi connectivity index (χ4n) is 1.50. The molecule has 0 amide bonds. The largest absolute Gasteiger partial charge is 0.476 e. The maximum atomic E-state index is 9.25. The minimum absolute atomic E-state index is 0.106. The van der Waals surface area contributed by atoms with Crippen LogP contribution in [0.2, 0.25) is 0 Å². The highest BCUT2D eigenvalue weighted by Gasteiger charge is 2.15. The molecule has 0 bridgehead atoms. The molecular weight excluding hydrogens is 262 g/mol. The number of hydrogen-bond acceptors (Lipinski definition) is 6. The molecule has 0 fully saturated rings. The zero-order valence-corrected chi connectivity index (χ0v) is 12.8. The number of aromatic nitrogens is 2. The monoisotopic (exact) mass is 285 g/mol. The number of aliphatic hydroxyl groups is 1. The SMILES string of the molecule is CS[C@@H](CO)[C@H](C)Nc1cncc(OCC(C)C)n1. The van der Waals surface area contributed by atoms with Gasteiger partial charge < -0.3 is 15.2 Å². The lowest BCUT2D eigenvalue weighted by molar-refractivity contribution is 0.260. The number of nitrogens with one attached hydrogen (secondary N) is 1. The van der Waals surface area contributed by atoms with Crippen LogP contribution in [0.1, 0.15) is 20.8 Å². The highest BCUT2D eigenvalue weighted by Crippen LogP contribution is 2.16. The number of hydrogen-bond donors (Lipinski definition) is 2. The molecule has 6 heteroatoms. The highest BCUT2D eigenvalue weighted by molar-refractivity contribution is 7.99. The van der Waals surface area contributed by atoms with E-state index in [0.717, 1.165) is 0 Å². The first kappa shape index (κ1) is 16.0. The molecule has 0 aliphatic rings. The fourth-order valence-corrected chi connectivity index (χ4v) is 2.13. The molecule has 2 N–H and O–H groups in total. The van der Waals surface area contributed by atoms with E-state index in [1.807, 2.05) is 13.2 Å². The maximum Gasteiger partial charge on any atom is 0.234 e. The predicted molar refractivity (Wildman–Crippen MR) is 79.8 cm³/mol. The van der Waals surface area contributed by atoms with Crippen LogP contribution in [-0.4, -0.2) is 45.8 Å². The third-order valence-electron chi connectivity index (χ3n) is 2.59. The van der Waals surface area contributed by atoms with Gasteiger partial charge in [0.15, 0.2) is 0 Å². The summed E-state index contributed by atoms with van der Waals surface area (Å²) in [7, 11) is 0. The second-order valence-electron chi connectivity index (χ2n) is 4.84. The summed E-state index contributed by atoms with van der Waals surface area (Å²) in [6.07, 6.45) is 5.25. The van der Waals surface area contributed by atoms with Gasteiger partial charge in [-0.3, -0.25) is 4.98 Å². The molecule has 0 spiro atoms. The first-order valence-electron chi connectivity index (χ1n) is 6.41. The van der Waals surface area contributed by atoms with Crippen LogP contribution in [0.25, 0.3) is 0 Å². The Hall–Kier alpha value is -1.01. The van der Waals surface area contributed by atoms with Gasteiger partial charge in [0.2, 0.25) is 5.88 Å². The molecule has 0 saturated heterocycles. The molecule has 1 aromatic rings. The van der Waals surface area contributed by atoms with Crippen molar-refractivity contribution in [3.05, 3.63) is 12.4 Å². The van der Waals surface area contributed by atoms with Crippen LogP contribution < -0.4 is 10.1 Å². The lowest BCUT2D eigenvalue weighted by Gasteiger charge is -2.21. The number of thioether (sulfide) groups is 1. The van der Waals surface area contributed by atoms with Crippen molar-refractivity contribution in [3.8, 4) is 5.88 Å². The van der Waals surface area contributed by atoms with Crippen molar-refractivity contribution >= 4 is 17.6 Å². The van der Waals surface area contributed by atoms with Gasteiger partial charge in [0.25, 0.3) is 0 Å². The minimum Gasteiger partial charge on any atom is -0.476 e. The van der Waals surface area contributed by atoms with E-state index in [1.165, 1.54) is 0 Å². The van der Waals surface area contributed by atoms with Gasteiger partial charge in [-0.25, -0.2) is 0 Å². The van der Waals surface area contributed by atoms with Crippen molar-refractivity contribution in [2.24, 2.45) is 5.92 Å². The van der Waals surface area contributed by atoms with Gasteiger partial charge in [0.1, 0.15) is 5.82 Å². The van der Waals surface area contributed by atoms with Gasteiger partial charge in [0.05, 0.1) is 25.6 Å². The molecule has 108 valence electrons. The molecule has 0 aliphatic carbocycles. The number of nitrogens with zero attached hydrogens (tertiary/aromatic N) is 2. The first-order chi connectivity index (χ1) is 9.06. The summed E-state index contributed by atoms with van der Waals surface area (Å²) in [5.74, 6) is 1.64. The summed E-state index contributed by atoms with van der Waals surface area (Å²) in [5.41, 5.74) is 0. The number of aliphatic hydroxyl groups excluding tert-OH is 1. The molecule has 2 atom stereocenters. The van der Waals surface area contributed by atoms with E-state index in [-0.39, 0.29) is 17.9 Å². The van der Waals surface area contributed by atoms with E-state index >= 15 is 0 Å². The fraction of sp³-hybridized carbons (Fsp3) is 0.692. The van der Waals surface area contributed by atoms with Crippen molar-refractivity contribution in [1.82, 2.24) is 9.97 Å². The summed E-state index contributed by atoms with van der Waals surface area (Å²) >= 11 is 1.62. The van der Waals surface area contributed by atoms with Crippen molar-refractivity contribution in [2.45, 2.75) is 32.1 Å². The third kappa shape index (κ3) is 5.65. The van der Waals surface area contributed by atoms with Crippen LogP contribution in [-0.2, 0) is 0 Å². The Kier molecular flexibility index (Phi) is 6.94. The van der Waals surface area contributed by atoms with E-state index in [4.69, 9.17) is 4.74 Å². The molecule has 0 aliphatic heterocycles. The summed E-state index contributed by atoms with van der Waals surface area (Å²) < 4.78 is 5.53.